The Morgan fingerprint density at radius 2 is 1.80 bits per heavy atom. The Kier molecular flexibility index (Phi) is 8.27. The van der Waals surface area contributed by atoms with E-state index in [9.17, 15) is 12.6 Å². The first-order valence-corrected chi connectivity index (χ1v) is 8.59. The van der Waals surface area contributed by atoms with E-state index in [1.807, 2.05) is 13.8 Å². The van der Waals surface area contributed by atoms with E-state index in [0.717, 1.165) is 0 Å². The van der Waals surface area contributed by atoms with Crippen molar-refractivity contribution in [2.75, 3.05) is 36.1 Å². The Morgan fingerprint density at radius 1 is 1.13 bits per heavy atom. The van der Waals surface area contributed by atoms with Crippen molar-refractivity contribution in [3.05, 3.63) is 0 Å². The highest BCUT2D eigenvalue weighted by Crippen LogP contribution is 1.91. The summed E-state index contributed by atoms with van der Waals surface area (Å²) in [6.45, 7) is 4.82. The van der Waals surface area contributed by atoms with Crippen molar-refractivity contribution < 1.29 is 12.6 Å². The second-order valence-electron chi connectivity index (χ2n) is 3.33. The van der Waals surface area contributed by atoms with Gasteiger partial charge < -0.3 is 5.32 Å². The van der Waals surface area contributed by atoms with E-state index in [1.165, 1.54) is 0 Å². The van der Waals surface area contributed by atoms with Crippen LogP contribution in [0.15, 0.2) is 0 Å². The minimum atomic E-state index is -2.88. The Bertz CT molecular complexity index is 275. The van der Waals surface area contributed by atoms with E-state index in [-0.39, 0.29) is 11.5 Å². The average Bonchev–Trinajstić information content (AvgIpc) is 2.16. The van der Waals surface area contributed by atoms with Gasteiger partial charge in [-0.2, -0.15) is 0 Å². The molecule has 15 heavy (non-hydrogen) atoms. The molecule has 0 fully saturated rings. The molecule has 6 heteroatoms. The SMILES string of the molecule is CCCS(=O)(=O)CCNCCS(=O)CC. The van der Waals surface area contributed by atoms with Gasteiger partial charge in [-0.05, 0) is 6.42 Å². The van der Waals surface area contributed by atoms with Gasteiger partial charge in [0.05, 0.1) is 5.75 Å². The van der Waals surface area contributed by atoms with E-state index >= 15 is 0 Å². The lowest BCUT2D eigenvalue weighted by Gasteiger charge is -2.04. The third kappa shape index (κ3) is 9.02. The van der Waals surface area contributed by atoms with Gasteiger partial charge in [-0.15, -0.1) is 0 Å². The highest BCUT2D eigenvalue weighted by molar-refractivity contribution is 7.91. The maximum atomic E-state index is 11.3. The number of hydrogen-bond acceptors (Lipinski definition) is 4. The number of nitrogens with one attached hydrogen (secondary N) is 1. The monoisotopic (exact) mass is 255 g/mol. The minimum absolute atomic E-state index is 0.180. The molecule has 0 spiro atoms. The van der Waals surface area contributed by atoms with Crippen LogP contribution >= 0.6 is 0 Å². The molecule has 0 aromatic rings. The van der Waals surface area contributed by atoms with Gasteiger partial charge in [0.25, 0.3) is 0 Å². The third-order valence-electron chi connectivity index (χ3n) is 1.93. The average molecular weight is 255 g/mol. The van der Waals surface area contributed by atoms with Gasteiger partial charge in [-0.3, -0.25) is 4.21 Å². The van der Waals surface area contributed by atoms with Crippen molar-refractivity contribution >= 4 is 20.6 Å². The van der Waals surface area contributed by atoms with Gasteiger partial charge in [0.15, 0.2) is 9.84 Å². The largest absolute Gasteiger partial charge is 0.315 e. The van der Waals surface area contributed by atoms with E-state index in [0.29, 0.717) is 31.0 Å². The second-order valence-corrected chi connectivity index (χ2v) is 7.50. The van der Waals surface area contributed by atoms with Crippen LogP contribution in [0.2, 0.25) is 0 Å². The van der Waals surface area contributed by atoms with Crippen molar-refractivity contribution in [1.29, 1.82) is 0 Å². The summed E-state index contributed by atoms with van der Waals surface area (Å²) in [5.74, 6) is 1.70. The van der Waals surface area contributed by atoms with Crippen LogP contribution < -0.4 is 5.32 Å². The van der Waals surface area contributed by atoms with Crippen molar-refractivity contribution in [3.63, 3.8) is 0 Å². The zero-order valence-corrected chi connectivity index (χ0v) is 11.1. The van der Waals surface area contributed by atoms with Crippen LogP contribution in [-0.2, 0) is 20.6 Å². The summed E-state index contributed by atoms with van der Waals surface area (Å²) in [6, 6.07) is 0. The Morgan fingerprint density at radius 3 is 2.33 bits per heavy atom. The van der Waals surface area contributed by atoms with Crippen LogP contribution in [0.25, 0.3) is 0 Å². The molecule has 0 saturated carbocycles. The third-order valence-corrected chi connectivity index (χ3v) is 5.09. The van der Waals surface area contributed by atoms with Gasteiger partial charge in [0.2, 0.25) is 0 Å². The standard InChI is InChI=1S/C9H21NO3S2/c1-3-8-15(12,13)9-6-10-5-7-14(11)4-2/h10H,3-9H2,1-2H3. The van der Waals surface area contributed by atoms with Crippen LogP contribution in [0.1, 0.15) is 20.3 Å². The molecule has 0 radical (unpaired) electrons. The molecular weight excluding hydrogens is 234 g/mol. The van der Waals surface area contributed by atoms with Crippen molar-refractivity contribution in [2.45, 2.75) is 20.3 Å². The van der Waals surface area contributed by atoms with E-state index < -0.39 is 20.6 Å². The lowest BCUT2D eigenvalue weighted by atomic mass is 10.6. The highest BCUT2D eigenvalue weighted by Gasteiger charge is 2.07. The molecular formula is C9H21NO3S2. The van der Waals surface area contributed by atoms with Crippen LogP contribution in [0, 0.1) is 0 Å². The molecule has 0 heterocycles. The molecule has 0 aromatic carbocycles. The van der Waals surface area contributed by atoms with E-state index in [2.05, 4.69) is 5.32 Å². The summed E-state index contributed by atoms with van der Waals surface area (Å²) in [7, 11) is -3.64. The van der Waals surface area contributed by atoms with Crippen LogP contribution in [-0.4, -0.2) is 48.7 Å². The number of sulfone groups is 1. The molecule has 0 aliphatic rings. The molecule has 0 aromatic heterocycles. The lowest BCUT2D eigenvalue weighted by molar-refractivity contribution is 0.590. The Labute approximate surface area is 95.2 Å². The van der Waals surface area contributed by atoms with Gasteiger partial charge in [0, 0.05) is 41.1 Å². The molecule has 1 unspecified atom stereocenters. The van der Waals surface area contributed by atoms with Crippen LogP contribution in [0.4, 0.5) is 0 Å². The van der Waals surface area contributed by atoms with Gasteiger partial charge in [-0.25, -0.2) is 8.42 Å². The van der Waals surface area contributed by atoms with Gasteiger partial charge >= 0.3 is 0 Å². The quantitative estimate of drug-likeness (QED) is 0.597. The predicted octanol–water partition coefficient (Wildman–Crippen LogP) is 0.169. The molecule has 0 aliphatic heterocycles. The fourth-order valence-electron chi connectivity index (χ4n) is 1.10. The number of hydrogen-bond donors (Lipinski definition) is 1. The van der Waals surface area contributed by atoms with Gasteiger partial charge in [-0.1, -0.05) is 13.8 Å². The molecule has 0 bridgehead atoms. The summed E-state index contributed by atoms with van der Waals surface area (Å²) in [5.41, 5.74) is 0. The number of rotatable bonds is 9. The van der Waals surface area contributed by atoms with Crippen LogP contribution in [0.3, 0.4) is 0 Å². The molecule has 0 rings (SSSR count). The first-order chi connectivity index (χ1) is 7.02. The van der Waals surface area contributed by atoms with Gasteiger partial charge in [0.1, 0.15) is 0 Å². The minimum Gasteiger partial charge on any atom is -0.315 e. The van der Waals surface area contributed by atoms with Crippen molar-refractivity contribution in [3.8, 4) is 0 Å². The topological polar surface area (TPSA) is 63.2 Å². The molecule has 0 aliphatic carbocycles. The maximum Gasteiger partial charge on any atom is 0.151 e. The molecule has 4 nitrogen and oxygen atoms in total. The Hall–Kier alpha value is 0.0600. The summed E-state index contributed by atoms with van der Waals surface area (Å²) < 4.78 is 33.6. The summed E-state index contributed by atoms with van der Waals surface area (Å²) in [4.78, 5) is 0. The molecule has 1 atom stereocenters. The smallest absolute Gasteiger partial charge is 0.151 e. The van der Waals surface area contributed by atoms with E-state index in [1.54, 1.807) is 0 Å². The van der Waals surface area contributed by atoms with Crippen molar-refractivity contribution in [1.82, 2.24) is 5.32 Å². The summed E-state index contributed by atoms with van der Waals surface area (Å²) in [5, 5.41) is 2.99. The molecule has 1 N–H and O–H groups in total. The fourth-order valence-corrected chi connectivity index (χ4v) is 3.04. The first kappa shape index (κ1) is 15.1. The van der Waals surface area contributed by atoms with E-state index in [4.69, 9.17) is 0 Å². The lowest BCUT2D eigenvalue weighted by Crippen LogP contribution is -2.27. The van der Waals surface area contributed by atoms with Crippen molar-refractivity contribution in [2.24, 2.45) is 0 Å². The first-order valence-electron chi connectivity index (χ1n) is 5.28. The zero-order chi connectivity index (χ0) is 11.7. The zero-order valence-electron chi connectivity index (χ0n) is 9.49. The fraction of sp³-hybridized carbons (Fsp3) is 1.00. The predicted molar refractivity (Wildman–Crippen MR) is 65.4 cm³/mol. The highest BCUT2D eigenvalue weighted by atomic mass is 32.2. The normalized spacial score (nSPS) is 14.0. The molecule has 0 saturated heterocycles. The summed E-state index contributed by atoms with van der Waals surface area (Å²) >= 11 is 0. The Balaban J connectivity index is 3.50. The summed E-state index contributed by atoms with van der Waals surface area (Å²) in [6.07, 6.45) is 0.669. The second kappa shape index (κ2) is 8.24. The molecule has 0 amide bonds. The maximum absolute atomic E-state index is 11.3. The van der Waals surface area contributed by atoms with Crippen LogP contribution in [0.5, 0.6) is 0 Å². The molecule has 92 valence electrons.